The van der Waals surface area contributed by atoms with Gasteiger partial charge in [-0.3, -0.25) is 10.1 Å². The average Bonchev–Trinajstić information content (AvgIpc) is 2.68. The second kappa shape index (κ2) is 6.35. The fraction of sp³-hybridized carbons (Fsp3) is 0.562. The summed E-state index contributed by atoms with van der Waals surface area (Å²) in [6.45, 7) is 6.87. The minimum atomic E-state index is -0.340. The number of nitrogens with zero attached hydrogens (tertiary/aromatic N) is 1. The molecular weight excluding hydrogens is 255 g/mol. The molecule has 20 heavy (non-hydrogen) atoms. The SMILES string of the molecule is CCCN1C(=O)C(CC(C)C)NC1c1ccccc1F. The van der Waals surface area contributed by atoms with E-state index in [0.29, 0.717) is 18.0 Å². The van der Waals surface area contributed by atoms with Crippen molar-refractivity contribution in [3.63, 3.8) is 0 Å². The molecule has 3 nitrogen and oxygen atoms in total. The lowest BCUT2D eigenvalue weighted by Crippen LogP contribution is -2.32. The number of hydrogen-bond acceptors (Lipinski definition) is 2. The molecule has 2 rings (SSSR count). The Hall–Kier alpha value is -1.42. The lowest BCUT2D eigenvalue weighted by Gasteiger charge is -2.24. The van der Waals surface area contributed by atoms with Crippen molar-refractivity contribution in [2.24, 2.45) is 5.92 Å². The first-order chi connectivity index (χ1) is 9.54. The molecule has 2 unspecified atom stereocenters. The Kier molecular flexibility index (Phi) is 4.76. The van der Waals surface area contributed by atoms with E-state index in [1.165, 1.54) is 6.07 Å². The standard InChI is InChI=1S/C16H23FN2O/c1-4-9-19-15(12-7-5-6-8-13(12)17)18-14(16(19)20)10-11(2)3/h5-8,11,14-15,18H,4,9-10H2,1-3H3. The summed E-state index contributed by atoms with van der Waals surface area (Å²) < 4.78 is 14.0. The van der Waals surface area contributed by atoms with E-state index in [9.17, 15) is 9.18 Å². The predicted octanol–water partition coefficient (Wildman–Crippen LogP) is 3.08. The van der Waals surface area contributed by atoms with E-state index in [-0.39, 0.29) is 23.9 Å². The summed E-state index contributed by atoms with van der Waals surface area (Å²) in [7, 11) is 0. The van der Waals surface area contributed by atoms with Crippen LogP contribution in [0.2, 0.25) is 0 Å². The molecule has 1 aromatic rings. The first-order valence-electron chi connectivity index (χ1n) is 7.35. The second-order valence-corrected chi connectivity index (χ2v) is 5.80. The van der Waals surface area contributed by atoms with Crippen LogP contribution in [0.3, 0.4) is 0 Å². The quantitative estimate of drug-likeness (QED) is 0.897. The highest BCUT2D eigenvalue weighted by atomic mass is 19.1. The van der Waals surface area contributed by atoms with Gasteiger partial charge in [0.2, 0.25) is 5.91 Å². The molecule has 0 radical (unpaired) electrons. The van der Waals surface area contributed by atoms with Gasteiger partial charge >= 0.3 is 0 Å². The number of hydrogen-bond donors (Lipinski definition) is 1. The zero-order valence-corrected chi connectivity index (χ0v) is 12.4. The minimum absolute atomic E-state index is 0.0915. The fourth-order valence-electron chi connectivity index (χ4n) is 2.75. The van der Waals surface area contributed by atoms with Crippen LogP contribution >= 0.6 is 0 Å². The lowest BCUT2D eigenvalue weighted by atomic mass is 10.0. The van der Waals surface area contributed by atoms with Crippen LogP contribution in [0.4, 0.5) is 4.39 Å². The van der Waals surface area contributed by atoms with Gasteiger partial charge in [0.1, 0.15) is 12.0 Å². The highest BCUT2D eigenvalue weighted by Gasteiger charge is 2.39. The van der Waals surface area contributed by atoms with E-state index in [2.05, 4.69) is 19.2 Å². The Labute approximate surface area is 120 Å². The summed E-state index contributed by atoms with van der Waals surface area (Å²) in [5.41, 5.74) is 0.556. The van der Waals surface area contributed by atoms with Crippen molar-refractivity contribution < 1.29 is 9.18 Å². The van der Waals surface area contributed by atoms with E-state index >= 15 is 0 Å². The Morgan fingerprint density at radius 3 is 2.65 bits per heavy atom. The van der Waals surface area contributed by atoms with Crippen LogP contribution in [0.25, 0.3) is 0 Å². The van der Waals surface area contributed by atoms with Gasteiger partial charge in [-0.15, -0.1) is 0 Å². The van der Waals surface area contributed by atoms with Gasteiger partial charge in [-0.1, -0.05) is 39.0 Å². The number of carbonyl (C=O) groups is 1. The zero-order chi connectivity index (χ0) is 14.7. The van der Waals surface area contributed by atoms with E-state index in [0.717, 1.165) is 12.8 Å². The molecule has 1 amide bonds. The zero-order valence-electron chi connectivity index (χ0n) is 12.4. The normalized spacial score (nSPS) is 22.9. The molecule has 110 valence electrons. The number of carbonyl (C=O) groups excluding carboxylic acids is 1. The van der Waals surface area contributed by atoms with Gasteiger partial charge in [0, 0.05) is 12.1 Å². The lowest BCUT2D eigenvalue weighted by molar-refractivity contribution is -0.130. The number of benzene rings is 1. The topological polar surface area (TPSA) is 32.3 Å². The van der Waals surface area contributed by atoms with Gasteiger partial charge in [0.25, 0.3) is 0 Å². The molecule has 1 saturated heterocycles. The molecule has 0 aromatic heterocycles. The molecule has 0 bridgehead atoms. The van der Waals surface area contributed by atoms with Crippen LogP contribution in [-0.2, 0) is 4.79 Å². The first-order valence-corrected chi connectivity index (χ1v) is 7.35. The maximum absolute atomic E-state index is 14.0. The summed E-state index contributed by atoms with van der Waals surface area (Å²) in [5.74, 6) is 0.261. The minimum Gasteiger partial charge on any atom is -0.321 e. The molecule has 1 aliphatic rings. The van der Waals surface area contributed by atoms with Gasteiger partial charge in [0.05, 0.1) is 6.04 Å². The monoisotopic (exact) mass is 278 g/mol. The van der Waals surface area contributed by atoms with Crippen LogP contribution < -0.4 is 5.32 Å². The van der Waals surface area contributed by atoms with E-state index in [1.54, 1.807) is 17.0 Å². The highest BCUT2D eigenvalue weighted by molar-refractivity contribution is 5.84. The van der Waals surface area contributed by atoms with Crippen molar-refractivity contribution in [1.82, 2.24) is 10.2 Å². The Morgan fingerprint density at radius 1 is 1.35 bits per heavy atom. The van der Waals surface area contributed by atoms with E-state index in [4.69, 9.17) is 0 Å². The molecule has 0 spiro atoms. The van der Waals surface area contributed by atoms with Crippen LogP contribution in [-0.4, -0.2) is 23.4 Å². The van der Waals surface area contributed by atoms with Crippen molar-refractivity contribution in [3.8, 4) is 0 Å². The molecule has 1 heterocycles. The molecule has 2 atom stereocenters. The molecule has 0 aliphatic carbocycles. The largest absolute Gasteiger partial charge is 0.321 e. The van der Waals surface area contributed by atoms with Crippen LogP contribution in [0.1, 0.15) is 45.3 Å². The van der Waals surface area contributed by atoms with Gasteiger partial charge in [0.15, 0.2) is 0 Å². The van der Waals surface area contributed by atoms with Gasteiger partial charge in [-0.05, 0) is 24.8 Å². The second-order valence-electron chi connectivity index (χ2n) is 5.80. The smallest absolute Gasteiger partial charge is 0.241 e. The van der Waals surface area contributed by atoms with Crippen molar-refractivity contribution >= 4 is 5.91 Å². The van der Waals surface area contributed by atoms with Crippen molar-refractivity contribution in [3.05, 3.63) is 35.6 Å². The van der Waals surface area contributed by atoms with Crippen LogP contribution in [0.15, 0.2) is 24.3 Å². The van der Waals surface area contributed by atoms with Gasteiger partial charge in [-0.25, -0.2) is 4.39 Å². The molecule has 1 fully saturated rings. The van der Waals surface area contributed by atoms with Crippen molar-refractivity contribution in [2.45, 2.75) is 45.8 Å². The molecule has 0 saturated carbocycles. The number of rotatable bonds is 5. The maximum Gasteiger partial charge on any atom is 0.241 e. The molecule has 1 aliphatic heterocycles. The molecule has 4 heteroatoms. The molecule has 1 aromatic carbocycles. The van der Waals surface area contributed by atoms with E-state index < -0.39 is 0 Å². The summed E-state index contributed by atoms with van der Waals surface area (Å²) in [5, 5.41) is 3.30. The Bertz CT molecular complexity index is 475. The van der Waals surface area contributed by atoms with E-state index in [1.807, 2.05) is 13.0 Å². The molecule has 1 N–H and O–H groups in total. The average molecular weight is 278 g/mol. The summed E-state index contributed by atoms with van der Waals surface area (Å²) >= 11 is 0. The third kappa shape index (κ3) is 3.01. The fourth-order valence-corrected chi connectivity index (χ4v) is 2.75. The Balaban J connectivity index is 2.26. The molecular formula is C16H23FN2O. The van der Waals surface area contributed by atoms with Gasteiger partial charge in [-0.2, -0.15) is 0 Å². The predicted molar refractivity (Wildman–Crippen MR) is 77.5 cm³/mol. The summed E-state index contributed by atoms with van der Waals surface area (Å²) in [6.07, 6.45) is 1.31. The summed E-state index contributed by atoms with van der Waals surface area (Å²) in [6, 6.07) is 6.48. The first kappa shape index (κ1) is 15.0. The number of amides is 1. The third-order valence-corrected chi connectivity index (χ3v) is 3.62. The van der Waals surface area contributed by atoms with Crippen molar-refractivity contribution in [1.29, 1.82) is 0 Å². The summed E-state index contributed by atoms with van der Waals surface area (Å²) in [4.78, 5) is 14.2. The number of nitrogens with one attached hydrogen (secondary N) is 1. The van der Waals surface area contributed by atoms with Crippen molar-refractivity contribution in [2.75, 3.05) is 6.54 Å². The Morgan fingerprint density at radius 2 is 2.05 bits per heavy atom. The number of halogens is 1. The van der Waals surface area contributed by atoms with Crippen LogP contribution in [0.5, 0.6) is 0 Å². The third-order valence-electron chi connectivity index (χ3n) is 3.62. The van der Waals surface area contributed by atoms with Gasteiger partial charge < -0.3 is 4.90 Å². The maximum atomic E-state index is 14.0. The van der Waals surface area contributed by atoms with Crippen LogP contribution in [0, 0.1) is 11.7 Å². The highest BCUT2D eigenvalue weighted by Crippen LogP contribution is 2.29.